The van der Waals surface area contributed by atoms with Crippen molar-refractivity contribution < 1.29 is 9.90 Å². The molecule has 2 rings (SSSR count). The Hall–Kier alpha value is -1.57. The second kappa shape index (κ2) is 5.67. The molecule has 17 heavy (non-hydrogen) atoms. The van der Waals surface area contributed by atoms with Crippen molar-refractivity contribution in [3.63, 3.8) is 0 Å². The van der Waals surface area contributed by atoms with Gasteiger partial charge in [0.15, 0.2) is 0 Å². The van der Waals surface area contributed by atoms with Crippen LogP contribution in [0, 0.1) is 0 Å². The summed E-state index contributed by atoms with van der Waals surface area (Å²) in [5.41, 5.74) is 3.82. The van der Waals surface area contributed by atoms with Crippen LogP contribution < -0.4 is 0 Å². The summed E-state index contributed by atoms with van der Waals surface area (Å²) in [6.45, 7) is 0. The summed E-state index contributed by atoms with van der Waals surface area (Å²) >= 11 is 0. The maximum atomic E-state index is 10.5. The third-order valence-corrected chi connectivity index (χ3v) is 3.22. The van der Waals surface area contributed by atoms with Crippen LogP contribution in [0.2, 0.25) is 0 Å². The molecule has 1 N–H and O–H groups in total. The van der Waals surface area contributed by atoms with Gasteiger partial charge in [-0.25, -0.2) is 0 Å². The Morgan fingerprint density at radius 1 is 1.29 bits per heavy atom. The zero-order valence-corrected chi connectivity index (χ0v) is 9.98. The number of allylic oxidation sites excluding steroid dienone is 2. The number of hydrogen-bond acceptors (Lipinski definition) is 1. The Balaban J connectivity index is 2.10. The molecule has 0 fully saturated rings. The van der Waals surface area contributed by atoms with Crippen molar-refractivity contribution in [1.82, 2.24) is 0 Å². The standard InChI is InChI=1S/C15H18O2/c16-15(17)10-9-12-5-4-8-14(11-12)13-6-2-1-3-7-13/h4-6,8,11H,1-3,7,9-10H2,(H,16,17). The van der Waals surface area contributed by atoms with Gasteiger partial charge in [0.1, 0.15) is 0 Å². The average molecular weight is 230 g/mol. The third kappa shape index (κ3) is 3.45. The van der Waals surface area contributed by atoms with Crippen LogP contribution in [0.4, 0.5) is 0 Å². The lowest BCUT2D eigenvalue weighted by Crippen LogP contribution is -1.98. The van der Waals surface area contributed by atoms with E-state index in [-0.39, 0.29) is 6.42 Å². The first-order chi connectivity index (χ1) is 8.25. The number of carbonyl (C=O) groups is 1. The lowest BCUT2D eigenvalue weighted by Gasteiger charge is -2.13. The van der Waals surface area contributed by atoms with Gasteiger partial charge in [-0.2, -0.15) is 0 Å². The van der Waals surface area contributed by atoms with Crippen molar-refractivity contribution in [2.45, 2.75) is 38.5 Å². The Labute approximate surface area is 102 Å². The Kier molecular flexibility index (Phi) is 3.97. The van der Waals surface area contributed by atoms with Gasteiger partial charge in [-0.3, -0.25) is 4.79 Å². The first-order valence-corrected chi connectivity index (χ1v) is 6.26. The Morgan fingerprint density at radius 3 is 2.88 bits per heavy atom. The van der Waals surface area contributed by atoms with E-state index in [1.165, 1.54) is 30.4 Å². The van der Waals surface area contributed by atoms with Gasteiger partial charge in [-0.05, 0) is 48.8 Å². The van der Waals surface area contributed by atoms with Crippen LogP contribution in [0.3, 0.4) is 0 Å². The zero-order valence-electron chi connectivity index (χ0n) is 9.98. The normalized spacial score (nSPS) is 15.4. The number of aliphatic carboxylic acids is 1. The molecule has 2 heteroatoms. The molecular weight excluding hydrogens is 212 g/mol. The molecule has 0 radical (unpaired) electrons. The summed E-state index contributed by atoms with van der Waals surface area (Å²) in [7, 11) is 0. The Morgan fingerprint density at radius 2 is 2.18 bits per heavy atom. The molecular formula is C15H18O2. The van der Waals surface area contributed by atoms with Crippen molar-refractivity contribution in [3.05, 3.63) is 41.5 Å². The summed E-state index contributed by atoms with van der Waals surface area (Å²) in [5, 5.41) is 8.68. The molecule has 0 aromatic heterocycles. The van der Waals surface area contributed by atoms with E-state index in [0.717, 1.165) is 12.0 Å². The van der Waals surface area contributed by atoms with Crippen LogP contribution in [0.15, 0.2) is 30.3 Å². The highest BCUT2D eigenvalue weighted by Crippen LogP contribution is 2.27. The summed E-state index contributed by atoms with van der Waals surface area (Å²) in [5.74, 6) is -0.729. The number of carboxylic acid groups (broad SMARTS) is 1. The van der Waals surface area contributed by atoms with Crippen LogP contribution >= 0.6 is 0 Å². The van der Waals surface area contributed by atoms with Gasteiger partial charge >= 0.3 is 5.97 Å². The topological polar surface area (TPSA) is 37.3 Å². The monoisotopic (exact) mass is 230 g/mol. The number of rotatable bonds is 4. The molecule has 90 valence electrons. The predicted molar refractivity (Wildman–Crippen MR) is 68.8 cm³/mol. The largest absolute Gasteiger partial charge is 0.481 e. The summed E-state index contributed by atoms with van der Waals surface area (Å²) < 4.78 is 0. The fraction of sp³-hybridized carbons (Fsp3) is 0.400. The van der Waals surface area contributed by atoms with Crippen molar-refractivity contribution >= 4 is 11.5 Å². The molecule has 1 aliphatic rings. The molecule has 0 atom stereocenters. The van der Waals surface area contributed by atoms with Gasteiger partial charge in [-0.15, -0.1) is 0 Å². The molecule has 2 nitrogen and oxygen atoms in total. The van der Waals surface area contributed by atoms with Crippen LogP contribution in [-0.4, -0.2) is 11.1 Å². The highest BCUT2D eigenvalue weighted by molar-refractivity contribution is 5.68. The van der Waals surface area contributed by atoms with Crippen molar-refractivity contribution in [1.29, 1.82) is 0 Å². The predicted octanol–water partition coefficient (Wildman–Crippen LogP) is 3.66. The number of hydrogen-bond donors (Lipinski definition) is 1. The van der Waals surface area contributed by atoms with Gasteiger partial charge in [0, 0.05) is 6.42 Å². The van der Waals surface area contributed by atoms with Gasteiger partial charge in [0.25, 0.3) is 0 Å². The van der Waals surface area contributed by atoms with Crippen molar-refractivity contribution in [2.24, 2.45) is 0 Å². The second-order valence-corrected chi connectivity index (χ2v) is 4.57. The SMILES string of the molecule is O=C(O)CCc1cccc(C2=CCCCC2)c1. The fourth-order valence-electron chi connectivity index (χ4n) is 2.28. The molecule has 0 aliphatic heterocycles. The van der Waals surface area contributed by atoms with E-state index in [1.807, 2.05) is 12.1 Å². The fourth-order valence-corrected chi connectivity index (χ4v) is 2.28. The van der Waals surface area contributed by atoms with E-state index >= 15 is 0 Å². The lowest BCUT2D eigenvalue weighted by atomic mass is 9.92. The van der Waals surface area contributed by atoms with Gasteiger partial charge in [0.05, 0.1) is 0 Å². The molecule has 1 aliphatic carbocycles. The highest BCUT2D eigenvalue weighted by atomic mass is 16.4. The van der Waals surface area contributed by atoms with E-state index in [0.29, 0.717) is 6.42 Å². The molecule has 0 saturated heterocycles. The summed E-state index contributed by atoms with van der Waals surface area (Å²) in [4.78, 5) is 10.5. The van der Waals surface area contributed by atoms with E-state index in [9.17, 15) is 4.79 Å². The maximum Gasteiger partial charge on any atom is 0.303 e. The minimum absolute atomic E-state index is 0.211. The van der Waals surface area contributed by atoms with Crippen LogP contribution in [-0.2, 0) is 11.2 Å². The maximum absolute atomic E-state index is 10.5. The molecule has 0 spiro atoms. The molecule has 0 unspecified atom stereocenters. The van der Waals surface area contributed by atoms with E-state index < -0.39 is 5.97 Å². The molecule has 0 heterocycles. The van der Waals surface area contributed by atoms with Gasteiger partial charge < -0.3 is 5.11 Å². The first-order valence-electron chi connectivity index (χ1n) is 6.26. The number of carboxylic acids is 1. The average Bonchev–Trinajstić information content (AvgIpc) is 2.38. The van der Waals surface area contributed by atoms with Crippen LogP contribution in [0.5, 0.6) is 0 Å². The minimum Gasteiger partial charge on any atom is -0.481 e. The second-order valence-electron chi connectivity index (χ2n) is 4.57. The molecule has 0 saturated carbocycles. The zero-order chi connectivity index (χ0) is 12.1. The summed E-state index contributed by atoms with van der Waals surface area (Å²) in [6.07, 6.45) is 8.04. The quantitative estimate of drug-likeness (QED) is 0.857. The molecule has 1 aromatic carbocycles. The highest BCUT2D eigenvalue weighted by Gasteiger charge is 2.07. The van der Waals surface area contributed by atoms with E-state index in [1.54, 1.807) is 0 Å². The smallest absolute Gasteiger partial charge is 0.303 e. The number of aryl methyl sites for hydroxylation is 1. The Bertz CT molecular complexity index is 432. The molecule has 0 amide bonds. The van der Waals surface area contributed by atoms with E-state index in [2.05, 4.69) is 18.2 Å². The van der Waals surface area contributed by atoms with Gasteiger partial charge in [-0.1, -0.05) is 30.3 Å². The van der Waals surface area contributed by atoms with Crippen molar-refractivity contribution in [3.8, 4) is 0 Å². The van der Waals surface area contributed by atoms with Crippen LogP contribution in [0.25, 0.3) is 5.57 Å². The number of benzene rings is 1. The van der Waals surface area contributed by atoms with Gasteiger partial charge in [0.2, 0.25) is 0 Å². The summed E-state index contributed by atoms with van der Waals surface area (Å²) in [6, 6.07) is 8.30. The molecule has 0 bridgehead atoms. The molecule has 1 aromatic rings. The van der Waals surface area contributed by atoms with Crippen LogP contribution in [0.1, 0.15) is 43.2 Å². The minimum atomic E-state index is -0.729. The van der Waals surface area contributed by atoms with Crippen molar-refractivity contribution in [2.75, 3.05) is 0 Å². The third-order valence-electron chi connectivity index (χ3n) is 3.22. The van der Waals surface area contributed by atoms with E-state index in [4.69, 9.17) is 5.11 Å². The lowest BCUT2D eigenvalue weighted by molar-refractivity contribution is -0.136. The first kappa shape index (κ1) is 11.9.